The number of rotatable bonds is 12. The quantitative estimate of drug-likeness (QED) is 0.572. The van der Waals surface area contributed by atoms with Crippen LogP contribution in [-0.4, -0.2) is 42.5 Å². The first kappa shape index (κ1) is 18.4. The average molecular weight is 271 g/mol. The van der Waals surface area contributed by atoms with Crippen LogP contribution < -0.4 is 11.1 Å². The molecule has 0 heterocycles. The van der Waals surface area contributed by atoms with Crippen LogP contribution in [0.25, 0.3) is 0 Å². The largest absolute Gasteiger partial charge is 0.368 e. The maximum Gasteiger partial charge on any atom is 0.237 e. The van der Waals surface area contributed by atoms with Crippen molar-refractivity contribution in [2.75, 3.05) is 26.2 Å². The molecule has 0 aliphatic rings. The maximum atomic E-state index is 11.6. The maximum absolute atomic E-state index is 11.6. The average Bonchev–Trinajstić information content (AvgIpc) is 2.40. The van der Waals surface area contributed by atoms with Gasteiger partial charge in [0, 0.05) is 0 Å². The molecule has 0 spiro atoms. The van der Waals surface area contributed by atoms with Crippen LogP contribution in [0, 0.1) is 0 Å². The third kappa shape index (κ3) is 7.53. The van der Waals surface area contributed by atoms with E-state index in [9.17, 15) is 4.79 Å². The van der Waals surface area contributed by atoms with Crippen molar-refractivity contribution < 1.29 is 4.79 Å². The summed E-state index contributed by atoms with van der Waals surface area (Å²) in [5.41, 5.74) is 4.97. The van der Waals surface area contributed by atoms with E-state index in [2.05, 4.69) is 31.0 Å². The Morgan fingerprint density at radius 3 is 2.26 bits per heavy atom. The molecule has 0 aromatic rings. The predicted octanol–water partition coefficient (Wildman–Crippen LogP) is 2.13. The van der Waals surface area contributed by atoms with Crippen molar-refractivity contribution in [3.8, 4) is 0 Å². The molecule has 3 N–H and O–H groups in total. The van der Waals surface area contributed by atoms with Crippen molar-refractivity contribution in [3.63, 3.8) is 0 Å². The minimum Gasteiger partial charge on any atom is -0.368 e. The molecular formula is C15H33N3O. The fourth-order valence-electron chi connectivity index (χ4n) is 2.17. The summed E-state index contributed by atoms with van der Waals surface area (Å²) >= 11 is 0. The van der Waals surface area contributed by atoms with Gasteiger partial charge in [0.2, 0.25) is 5.91 Å². The van der Waals surface area contributed by atoms with Crippen LogP contribution in [0.2, 0.25) is 0 Å². The summed E-state index contributed by atoms with van der Waals surface area (Å²) in [4.78, 5) is 14.0. The predicted molar refractivity (Wildman–Crippen MR) is 82.1 cm³/mol. The third-order valence-electron chi connectivity index (χ3n) is 3.74. The monoisotopic (exact) mass is 271 g/mol. The summed E-state index contributed by atoms with van der Waals surface area (Å²) in [5.74, 6) is -0.238. The number of primary amides is 1. The van der Waals surface area contributed by atoms with E-state index in [1.165, 1.54) is 12.8 Å². The number of unbranched alkanes of at least 4 members (excludes halogenated alkanes) is 1. The molecule has 0 aliphatic heterocycles. The normalized spacial score (nSPS) is 14.6. The summed E-state index contributed by atoms with van der Waals surface area (Å²) in [6, 6.07) is 0. The van der Waals surface area contributed by atoms with E-state index in [1.807, 2.05) is 6.92 Å². The second-order valence-electron chi connectivity index (χ2n) is 5.51. The molecule has 0 fully saturated rings. The fourth-order valence-corrected chi connectivity index (χ4v) is 2.17. The highest BCUT2D eigenvalue weighted by Gasteiger charge is 2.29. The summed E-state index contributed by atoms with van der Waals surface area (Å²) in [6.07, 6.45) is 5.31. The van der Waals surface area contributed by atoms with Gasteiger partial charge in [0.25, 0.3) is 0 Å². The van der Waals surface area contributed by atoms with E-state index >= 15 is 0 Å². The van der Waals surface area contributed by atoms with Crippen LogP contribution in [0.1, 0.15) is 59.8 Å². The van der Waals surface area contributed by atoms with E-state index in [0.717, 1.165) is 45.4 Å². The number of carbonyl (C=O) groups excluding carboxylic acids is 1. The van der Waals surface area contributed by atoms with Crippen LogP contribution in [0.5, 0.6) is 0 Å². The van der Waals surface area contributed by atoms with Gasteiger partial charge in [0.1, 0.15) is 0 Å². The first-order valence-electron chi connectivity index (χ1n) is 7.77. The minimum absolute atomic E-state index is 0.238. The molecule has 0 bridgehead atoms. The molecule has 4 heteroatoms. The lowest BCUT2D eigenvalue weighted by Crippen LogP contribution is -2.53. The van der Waals surface area contributed by atoms with Crippen LogP contribution >= 0.6 is 0 Å². The molecule has 0 saturated carbocycles. The first-order valence-corrected chi connectivity index (χ1v) is 7.77. The van der Waals surface area contributed by atoms with Gasteiger partial charge in [-0.2, -0.15) is 0 Å². The lowest BCUT2D eigenvalue weighted by Gasteiger charge is -2.29. The van der Waals surface area contributed by atoms with Gasteiger partial charge in [-0.25, -0.2) is 0 Å². The molecule has 114 valence electrons. The van der Waals surface area contributed by atoms with Gasteiger partial charge in [-0.05, 0) is 58.8 Å². The lowest BCUT2D eigenvalue weighted by molar-refractivity contribution is -0.124. The van der Waals surface area contributed by atoms with Gasteiger partial charge in [-0.1, -0.05) is 27.2 Å². The van der Waals surface area contributed by atoms with Crippen molar-refractivity contribution in [2.24, 2.45) is 5.73 Å². The number of hydrogen-bond acceptors (Lipinski definition) is 3. The number of hydrogen-bond donors (Lipinski definition) is 2. The Balaban J connectivity index is 4.13. The van der Waals surface area contributed by atoms with Gasteiger partial charge >= 0.3 is 0 Å². The summed E-state index contributed by atoms with van der Waals surface area (Å²) in [7, 11) is 0. The highest BCUT2D eigenvalue weighted by molar-refractivity contribution is 5.84. The Hall–Kier alpha value is -0.610. The van der Waals surface area contributed by atoms with E-state index in [1.54, 1.807) is 0 Å². The molecule has 1 unspecified atom stereocenters. The SMILES string of the molecule is CCCCN(CC)CCCC(C)(NCCC)C(N)=O. The topological polar surface area (TPSA) is 58.4 Å². The Morgan fingerprint density at radius 2 is 1.79 bits per heavy atom. The van der Waals surface area contributed by atoms with E-state index < -0.39 is 5.54 Å². The third-order valence-corrected chi connectivity index (χ3v) is 3.74. The summed E-state index contributed by atoms with van der Waals surface area (Å²) < 4.78 is 0. The molecule has 1 atom stereocenters. The van der Waals surface area contributed by atoms with Crippen molar-refractivity contribution >= 4 is 5.91 Å². The van der Waals surface area contributed by atoms with Gasteiger partial charge in [0.05, 0.1) is 5.54 Å². The molecule has 0 saturated heterocycles. The molecule has 0 radical (unpaired) electrons. The lowest BCUT2D eigenvalue weighted by atomic mass is 9.94. The highest BCUT2D eigenvalue weighted by atomic mass is 16.1. The van der Waals surface area contributed by atoms with Gasteiger partial charge in [0.15, 0.2) is 0 Å². The zero-order valence-electron chi connectivity index (χ0n) is 13.3. The zero-order chi connectivity index (χ0) is 14.7. The number of carbonyl (C=O) groups is 1. The van der Waals surface area contributed by atoms with Crippen LogP contribution in [0.4, 0.5) is 0 Å². The summed E-state index contributed by atoms with van der Waals surface area (Å²) in [6.45, 7) is 12.6. The second kappa shape index (κ2) is 10.2. The molecule has 4 nitrogen and oxygen atoms in total. The van der Waals surface area contributed by atoms with E-state index in [4.69, 9.17) is 5.73 Å². The highest BCUT2D eigenvalue weighted by Crippen LogP contribution is 2.13. The van der Waals surface area contributed by atoms with E-state index in [-0.39, 0.29) is 5.91 Å². The molecule has 0 rings (SSSR count). The Kier molecular flexibility index (Phi) is 9.88. The Bertz CT molecular complexity index is 246. The van der Waals surface area contributed by atoms with Gasteiger partial charge < -0.3 is 16.0 Å². The Labute approximate surface area is 119 Å². The number of amides is 1. The smallest absolute Gasteiger partial charge is 0.237 e. The molecule has 0 aromatic carbocycles. The minimum atomic E-state index is -0.555. The summed E-state index contributed by atoms with van der Waals surface area (Å²) in [5, 5.41) is 3.29. The number of nitrogens with two attached hydrogens (primary N) is 1. The number of nitrogens with one attached hydrogen (secondary N) is 1. The molecule has 1 amide bonds. The fraction of sp³-hybridized carbons (Fsp3) is 0.933. The molecule has 0 aliphatic carbocycles. The zero-order valence-corrected chi connectivity index (χ0v) is 13.3. The van der Waals surface area contributed by atoms with Crippen LogP contribution in [0.3, 0.4) is 0 Å². The van der Waals surface area contributed by atoms with Crippen LogP contribution in [0.15, 0.2) is 0 Å². The van der Waals surface area contributed by atoms with Crippen molar-refractivity contribution in [1.29, 1.82) is 0 Å². The van der Waals surface area contributed by atoms with Crippen molar-refractivity contribution in [2.45, 2.75) is 65.3 Å². The standard InChI is InChI=1S/C15H33N3O/c1-5-8-12-18(7-3)13-9-10-15(4,14(16)19)17-11-6-2/h17H,5-13H2,1-4H3,(H2,16,19). The van der Waals surface area contributed by atoms with Gasteiger partial charge in [-0.3, -0.25) is 4.79 Å². The second-order valence-corrected chi connectivity index (χ2v) is 5.51. The molecular weight excluding hydrogens is 238 g/mol. The first-order chi connectivity index (χ1) is 9.00. The Morgan fingerprint density at radius 1 is 1.16 bits per heavy atom. The van der Waals surface area contributed by atoms with E-state index in [0.29, 0.717) is 0 Å². The molecule has 19 heavy (non-hydrogen) atoms. The van der Waals surface area contributed by atoms with Gasteiger partial charge in [-0.15, -0.1) is 0 Å². The number of nitrogens with zero attached hydrogens (tertiary/aromatic N) is 1. The van der Waals surface area contributed by atoms with Crippen LogP contribution in [-0.2, 0) is 4.79 Å². The van der Waals surface area contributed by atoms with Crippen molar-refractivity contribution in [1.82, 2.24) is 10.2 Å². The molecule has 0 aromatic heterocycles. The van der Waals surface area contributed by atoms with Crippen molar-refractivity contribution in [3.05, 3.63) is 0 Å².